The van der Waals surface area contributed by atoms with Gasteiger partial charge >= 0.3 is 5.63 Å². The molecular formula is C15H9Br2NO4S. The quantitative estimate of drug-likeness (QED) is 0.599. The second-order valence-electron chi connectivity index (χ2n) is 4.69. The Kier molecular flexibility index (Phi) is 4.31. The summed E-state index contributed by atoms with van der Waals surface area (Å²) >= 11 is 6.52. The third-order valence-corrected chi connectivity index (χ3v) is 5.58. The number of anilines is 1. The zero-order chi connectivity index (χ0) is 16.6. The molecular weight excluding hydrogens is 450 g/mol. The van der Waals surface area contributed by atoms with Crippen LogP contribution in [-0.4, -0.2) is 8.42 Å². The van der Waals surface area contributed by atoms with Crippen LogP contribution in [0.5, 0.6) is 0 Å². The van der Waals surface area contributed by atoms with Crippen LogP contribution >= 0.6 is 31.9 Å². The normalized spacial score (nSPS) is 11.6. The highest BCUT2D eigenvalue weighted by atomic mass is 79.9. The molecule has 0 radical (unpaired) electrons. The van der Waals surface area contributed by atoms with E-state index in [0.29, 0.717) is 25.6 Å². The van der Waals surface area contributed by atoms with Crippen LogP contribution in [0.3, 0.4) is 0 Å². The van der Waals surface area contributed by atoms with Crippen molar-refractivity contribution in [3.8, 4) is 0 Å². The molecule has 0 aliphatic carbocycles. The summed E-state index contributed by atoms with van der Waals surface area (Å²) in [7, 11) is -3.71. The zero-order valence-electron chi connectivity index (χ0n) is 11.4. The number of hydrogen-bond donors (Lipinski definition) is 1. The fourth-order valence-corrected chi connectivity index (χ4v) is 4.18. The van der Waals surface area contributed by atoms with Crippen molar-refractivity contribution in [3.63, 3.8) is 0 Å². The Balaban J connectivity index is 2.03. The lowest BCUT2D eigenvalue weighted by Gasteiger charge is -2.09. The third kappa shape index (κ3) is 3.49. The van der Waals surface area contributed by atoms with E-state index in [1.807, 2.05) is 0 Å². The molecule has 5 nitrogen and oxygen atoms in total. The van der Waals surface area contributed by atoms with Crippen molar-refractivity contribution in [1.82, 2.24) is 0 Å². The minimum atomic E-state index is -3.71. The van der Waals surface area contributed by atoms with Crippen molar-refractivity contribution < 1.29 is 12.8 Å². The number of benzene rings is 2. The number of hydrogen-bond acceptors (Lipinski definition) is 4. The molecule has 118 valence electrons. The summed E-state index contributed by atoms with van der Waals surface area (Å²) in [5, 5.41) is 0.596. The topological polar surface area (TPSA) is 76.4 Å². The maximum Gasteiger partial charge on any atom is 0.337 e. The minimum absolute atomic E-state index is 0.144. The molecule has 0 saturated carbocycles. The molecule has 0 amide bonds. The van der Waals surface area contributed by atoms with E-state index in [1.165, 1.54) is 24.3 Å². The second kappa shape index (κ2) is 6.10. The summed E-state index contributed by atoms with van der Waals surface area (Å²) in [6.45, 7) is 0. The average molecular weight is 459 g/mol. The lowest BCUT2D eigenvalue weighted by Crippen LogP contribution is -2.12. The van der Waals surface area contributed by atoms with E-state index in [0.717, 1.165) is 0 Å². The lowest BCUT2D eigenvalue weighted by atomic mass is 10.2. The molecule has 0 spiro atoms. The molecule has 0 saturated heterocycles. The van der Waals surface area contributed by atoms with E-state index in [-0.39, 0.29) is 4.90 Å². The second-order valence-corrected chi connectivity index (χ2v) is 8.14. The molecule has 1 aromatic heterocycles. The molecule has 0 aliphatic heterocycles. The van der Waals surface area contributed by atoms with Gasteiger partial charge in [-0.1, -0.05) is 22.0 Å². The average Bonchev–Trinajstić information content (AvgIpc) is 2.47. The molecule has 3 aromatic rings. The Bertz CT molecular complexity index is 1060. The maximum atomic E-state index is 12.4. The van der Waals surface area contributed by atoms with Gasteiger partial charge in [0.15, 0.2) is 0 Å². The first kappa shape index (κ1) is 16.2. The fourth-order valence-electron chi connectivity index (χ4n) is 2.04. The maximum absolute atomic E-state index is 12.4. The number of rotatable bonds is 3. The summed E-state index contributed by atoms with van der Waals surface area (Å²) in [6, 6.07) is 12.4. The molecule has 0 aliphatic rings. The number of halogens is 2. The lowest BCUT2D eigenvalue weighted by molar-refractivity contribution is 0.560. The van der Waals surface area contributed by atoms with Crippen LogP contribution in [0.4, 0.5) is 5.69 Å². The summed E-state index contributed by atoms with van der Waals surface area (Å²) in [5.41, 5.74) is 0.258. The van der Waals surface area contributed by atoms with Gasteiger partial charge < -0.3 is 4.42 Å². The number of nitrogens with one attached hydrogen (secondary N) is 1. The van der Waals surface area contributed by atoms with Crippen LogP contribution in [-0.2, 0) is 10.0 Å². The molecule has 0 atom stereocenters. The van der Waals surface area contributed by atoms with Gasteiger partial charge in [-0.05, 0) is 52.3 Å². The highest BCUT2D eigenvalue weighted by molar-refractivity contribution is 9.11. The number of fused-ring (bicyclic) bond motifs is 1. The summed E-state index contributed by atoms with van der Waals surface area (Å²) in [4.78, 5) is 11.5. The van der Waals surface area contributed by atoms with E-state index in [9.17, 15) is 13.2 Å². The number of sulfonamides is 1. The van der Waals surface area contributed by atoms with Gasteiger partial charge in [-0.25, -0.2) is 13.2 Å². The van der Waals surface area contributed by atoms with Crippen LogP contribution in [0.1, 0.15) is 0 Å². The smallest absolute Gasteiger partial charge is 0.337 e. The Morgan fingerprint density at radius 1 is 1.00 bits per heavy atom. The van der Waals surface area contributed by atoms with Crippen LogP contribution in [0.15, 0.2) is 71.6 Å². The van der Waals surface area contributed by atoms with Crippen LogP contribution < -0.4 is 10.3 Å². The van der Waals surface area contributed by atoms with E-state index < -0.39 is 15.6 Å². The Morgan fingerprint density at radius 3 is 2.52 bits per heavy atom. The molecule has 2 aromatic carbocycles. The first-order valence-electron chi connectivity index (χ1n) is 6.37. The first-order valence-corrected chi connectivity index (χ1v) is 9.44. The van der Waals surface area contributed by atoms with Gasteiger partial charge in [0.25, 0.3) is 10.0 Å². The molecule has 0 fully saturated rings. The van der Waals surface area contributed by atoms with Crippen molar-refractivity contribution >= 4 is 58.5 Å². The highest BCUT2D eigenvalue weighted by Gasteiger charge is 2.15. The predicted octanol–water partition coefficient (Wildman–Crippen LogP) is 4.12. The van der Waals surface area contributed by atoms with E-state index in [1.54, 1.807) is 24.3 Å². The predicted molar refractivity (Wildman–Crippen MR) is 95.1 cm³/mol. The van der Waals surface area contributed by atoms with Gasteiger partial charge in [0, 0.05) is 26.1 Å². The highest BCUT2D eigenvalue weighted by Crippen LogP contribution is 2.27. The van der Waals surface area contributed by atoms with Gasteiger partial charge in [-0.15, -0.1) is 0 Å². The SMILES string of the molecule is O=c1cc(Br)c2cc(NS(=O)(=O)c3cccc(Br)c3)ccc2o1. The van der Waals surface area contributed by atoms with Crippen molar-refractivity contribution in [1.29, 1.82) is 0 Å². The zero-order valence-corrected chi connectivity index (χ0v) is 15.4. The largest absolute Gasteiger partial charge is 0.423 e. The fraction of sp³-hybridized carbons (Fsp3) is 0. The van der Waals surface area contributed by atoms with Crippen molar-refractivity contribution in [3.05, 3.63) is 67.9 Å². The van der Waals surface area contributed by atoms with Crippen molar-refractivity contribution in [2.45, 2.75) is 4.90 Å². The Labute approximate surface area is 148 Å². The van der Waals surface area contributed by atoms with E-state index in [2.05, 4.69) is 36.6 Å². The molecule has 0 bridgehead atoms. The standard InChI is InChI=1S/C15H9Br2NO4S/c16-9-2-1-3-11(6-9)23(20,21)18-10-4-5-14-12(7-10)13(17)8-15(19)22-14/h1-8,18H. The molecule has 1 N–H and O–H groups in total. The van der Waals surface area contributed by atoms with E-state index in [4.69, 9.17) is 4.42 Å². The first-order chi connectivity index (χ1) is 10.8. The van der Waals surface area contributed by atoms with Gasteiger partial charge in [-0.3, -0.25) is 4.72 Å². The summed E-state index contributed by atoms with van der Waals surface area (Å²) in [6.07, 6.45) is 0. The molecule has 8 heteroatoms. The third-order valence-electron chi connectivity index (χ3n) is 3.05. The molecule has 3 rings (SSSR count). The van der Waals surface area contributed by atoms with Gasteiger partial charge in [0.1, 0.15) is 5.58 Å². The van der Waals surface area contributed by atoms with Crippen LogP contribution in [0.25, 0.3) is 11.0 Å². The minimum Gasteiger partial charge on any atom is -0.423 e. The van der Waals surface area contributed by atoms with Crippen molar-refractivity contribution in [2.75, 3.05) is 4.72 Å². The molecule has 0 unspecified atom stereocenters. The van der Waals surface area contributed by atoms with Crippen LogP contribution in [0.2, 0.25) is 0 Å². The van der Waals surface area contributed by atoms with E-state index >= 15 is 0 Å². The summed E-state index contributed by atoms with van der Waals surface area (Å²) in [5.74, 6) is 0. The van der Waals surface area contributed by atoms with Gasteiger partial charge in [0.05, 0.1) is 4.90 Å². The monoisotopic (exact) mass is 457 g/mol. The summed E-state index contributed by atoms with van der Waals surface area (Å²) < 4.78 is 33.6. The van der Waals surface area contributed by atoms with Gasteiger partial charge in [-0.2, -0.15) is 0 Å². The van der Waals surface area contributed by atoms with Gasteiger partial charge in [0.2, 0.25) is 0 Å². The molecule has 23 heavy (non-hydrogen) atoms. The van der Waals surface area contributed by atoms with Crippen molar-refractivity contribution in [2.24, 2.45) is 0 Å². The molecule has 1 heterocycles. The Hall–Kier alpha value is -1.64. The Morgan fingerprint density at radius 2 is 1.78 bits per heavy atom. The van der Waals surface area contributed by atoms with Crippen LogP contribution in [0, 0.1) is 0 Å².